The number of hydrogen-bond donors (Lipinski definition) is 2. The molecule has 0 fully saturated rings. The zero-order valence-corrected chi connectivity index (χ0v) is 13.5. The molecule has 2 aromatic carbocycles. The second-order valence-electron chi connectivity index (χ2n) is 5.12. The van der Waals surface area contributed by atoms with Crippen LogP contribution in [-0.2, 0) is 14.6 Å². The van der Waals surface area contributed by atoms with Crippen molar-refractivity contribution in [3.63, 3.8) is 0 Å². The minimum absolute atomic E-state index is 0.124. The first-order valence-corrected chi connectivity index (χ1v) is 8.88. The van der Waals surface area contributed by atoms with Gasteiger partial charge in [-0.2, -0.15) is 0 Å². The first-order valence-electron chi connectivity index (χ1n) is 7.23. The summed E-state index contributed by atoms with van der Waals surface area (Å²) in [5, 5.41) is 5.31. The summed E-state index contributed by atoms with van der Waals surface area (Å²) in [4.78, 5) is 12.1. The highest BCUT2D eigenvalue weighted by Gasteiger charge is 2.16. The molecule has 8 heteroatoms. The van der Waals surface area contributed by atoms with Crippen molar-refractivity contribution in [2.75, 3.05) is 24.5 Å². The highest BCUT2D eigenvalue weighted by Crippen LogP contribution is 2.34. The molecule has 0 aromatic heterocycles. The van der Waals surface area contributed by atoms with Gasteiger partial charge in [0.15, 0.2) is 21.3 Å². The van der Waals surface area contributed by atoms with E-state index >= 15 is 0 Å². The lowest BCUT2D eigenvalue weighted by Gasteiger charge is -2.08. The molecule has 0 saturated heterocycles. The van der Waals surface area contributed by atoms with Crippen molar-refractivity contribution < 1.29 is 22.7 Å². The van der Waals surface area contributed by atoms with Gasteiger partial charge < -0.3 is 14.8 Å². The van der Waals surface area contributed by atoms with Crippen LogP contribution in [0, 0.1) is 0 Å². The molecule has 0 radical (unpaired) electrons. The Morgan fingerprint density at radius 2 is 1.79 bits per heavy atom. The highest BCUT2D eigenvalue weighted by atomic mass is 32.2. The second kappa shape index (κ2) is 6.90. The van der Waals surface area contributed by atoms with Crippen molar-refractivity contribution in [2.45, 2.75) is 4.90 Å². The number of benzene rings is 2. The summed E-state index contributed by atoms with van der Waals surface area (Å²) in [6.45, 7) is 0.0339. The Hall–Kier alpha value is -2.58. The van der Waals surface area contributed by atoms with E-state index in [4.69, 9.17) is 9.47 Å². The van der Waals surface area contributed by atoms with E-state index < -0.39 is 9.84 Å². The van der Waals surface area contributed by atoms with Gasteiger partial charge in [0.2, 0.25) is 12.7 Å². The Labute approximate surface area is 139 Å². The zero-order chi connectivity index (χ0) is 17.0. The maximum Gasteiger partial charge on any atom is 0.238 e. The Kier molecular flexibility index (Phi) is 4.68. The molecule has 0 bridgehead atoms. The van der Waals surface area contributed by atoms with Crippen molar-refractivity contribution in [1.29, 1.82) is 0 Å². The van der Waals surface area contributed by atoms with Crippen LogP contribution in [0.4, 0.5) is 5.69 Å². The number of carbonyl (C=O) groups excluding carboxylic acids is 1. The predicted molar refractivity (Wildman–Crippen MR) is 87.7 cm³/mol. The van der Waals surface area contributed by atoms with E-state index in [1.165, 1.54) is 12.1 Å². The third-order valence-electron chi connectivity index (χ3n) is 3.34. The highest BCUT2D eigenvalue weighted by molar-refractivity contribution is 7.91. The second-order valence-corrected chi connectivity index (χ2v) is 7.10. The van der Waals surface area contributed by atoms with Crippen molar-refractivity contribution in [3.8, 4) is 11.5 Å². The quantitative estimate of drug-likeness (QED) is 0.819. The maximum absolute atomic E-state index is 12.1. The summed E-state index contributed by atoms with van der Waals surface area (Å²) in [6.07, 6.45) is 0. The van der Waals surface area contributed by atoms with Gasteiger partial charge in [0.05, 0.1) is 11.4 Å². The number of carbonyl (C=O) groups is 1. The van der Waals surface area contributed by atoms with Crippen LogP contribution in [0.1, 0.15) is 0 Å². The summed E-state index contributed by atoms with van der Waals surface area (Å²) in [7, 11) is -3.46. The van der Waals surface area contributed by atoms with Crippen molar-refractivity contribution in [1.82, 2.24) is 5.32 Å². The number of nitrogens with one attached hydrogen (secondary N) is 2. The first kappa shape index (κ1) is 16.3. The van der Waals surface area contributed by atoms with E-state index in [2.05, 4.69) is 10.6 Å². The van der Waals surface area contributed by atoms with E-state index in [0.29, 0.717) is 17.2 Å². The molecular formula is C16H16N2O5S. The molecule has 0 aliphatic carbocycles. The number of anilines is 1. The number of hydrogen-bond acceptors (Lipinski definition) is 6. The van der Waals surface area contributed by atoms with Gasteiger partial charge in [-0.25, -0.2) is 8.42 Å². The van der Waals surface area contributed by atoms with Gasteiger partial charge in [-0.15, -0.1) is 0 Å². The third-order valence-corrected chi connectivity index (χ3v) is 4.91. The van der Waals surface area contributed by atoms with Gasteiger partial charge in [0.25, 0.3) is 0 Å². The predicted octanol–water partition coefficient (Wildman–Crippen LogP) is 1.37. The molecule has 0 saturated carbocycles. The van der Waals surface area contributed by atoms with Crippen LogP contribution in [0.3, 0.4) is 0 Å². The average Bonchev–Trinajstić information content (AvgIpc) is 3.03. The minimum atomic E-state index is -3.46. The fourth-order valence-electron chi connectivity index (χ4n) is 2.19. The van der Waals surface area contributed by atoms with Crippen molar-refractivity contribution in [3.05, 3.63) is 48.5 Å². The Morgan fingerprint density at radius 3 is 2.58 bits per heavy atom. The van der Waals surface area contributed by atoms with Crippen LogP contribution in [0.5, 0.6) is 11.5 Å². The van der Waals surface area contributed by atoms with Crippen LogP contribution in [0.2, 0.25) is 0 Å². The minimum Gasteiger partial charge on any atom is -0.454 e. The van der Waals surface area contributed by atoms with Gasteiger partial charge in [0, 0.05) is 11.8 Å². The monoisotopic (exact) mass is 348 g/mol. The Morgan fingerprint density at radius 1 is 1.04 bits per heavy atom. The van der Waals surface area contributed by atoms with Gasteiger partial charge in [-0.3, -0.25) is 10.1 Å². The zero-order valence-electron chi connectivity index (χ0n) is 12.7. The normalized spacial score (nSPS) is 12.8. The molecule has 1 amide bonds. The number of amides is 1. The summed E-state index contributed by atoms with van der Waals surface area (Å²) in [6, 6.07) is 13.1. The number of rotatable bonds is 6. The summed E-state index contributed by atoms with van der Waals surface area (Å²) in [5.41, 5.74) is 0.553. The van der Waals surface area contributed by atoms with Crippen LogP contribution in [0.25, 0.3) is 0 Å². The topological polar surface area (TPSA) is 93.7 Å². The van der Waals surface area contributed by atoms with E-state index in [1.807, 2.05) is 0 Å². The molecule has 1 aliphatic heterocycles. The van der Waals surface area contributed by atoms with Gasteiger partial charge in [0.1, 0.15) is 5.88 Å². The molecule has 1 heterocycles. The summed E-state index contributed by atoms with van der Waals surface area (Å²) < 4.78 is 34.6. The lowest BCUT2D eigenvalue weighted by Crippen LogP contribution is -2.32. The molecule has 2 aromatic rings. The number of fused-ring (bicyclic) bond motifs is 1. The lowest BCUT2D eigenvalue weighted by atomic mass is 10.3. The lowest BCUT2D eigenvalue weighted by molar-refractivity contribution is -0.115. The molecule has 0 spiro atoms. The number of ether oxygens (including phenoxy) is 2. The summed E-state index contributed by atoms with van der Waals surface area (Å²) in [5.74, 6) is 0.524. The SMILES string of the molecule is O=C(CNCS(=O)(=O)c1ccccc1)Nc1ccc2c(c1)OCO2. The maximum atomic E-state index is 12.1. The fourth-order valence-corrected chi connectivity index (χ4v) is 3.30. The van der Waals surface area contributed by atoms with Gasteiger partial charge >= 0.3 is 0 Å². The van der Waals surface area contributed by atoms with Crippen LogP contribution >= 0.6 is 0 Å². The molecular weight excluding hydrogens is 332 g/mol. The van der Waals surface area contributed by atoms with Crippen LogP contribution in [-0.4, -0.2) is 33.5 Å². The average molecular weight is 348 g/mol. The van der Waals surface area contributed by atoms with Crippen molar-refractivity contribution in [2.24, 2.45) is 0 Å². The van der Waals surface area contributed by atoms with Crippen LogP contribution in [0.15, 0.2) is 53.4 Å². The molecule has 1 aliphatic rings. The molecule has 7 nitrogen and oxygen atoms in total. The fraction of sp³-hybridized carbons (Fsp3) is 0.188. The number of sulfone groups is 1. The van der Waals surface area contributed by atoms with E-state index in [9.17, 15) is 13.2 Å². The van der Waals surface area contributed by atoms with Gasteiger partial charge in [-0.05, 0) is 24.3 Å². The smallest absolute Gasteiger partial charge is 0.238 e. The molecule has 3 rings (SSSR count). The summed E-state index contributed by atoms with van der Waals surface area (Å²) >= 11 is 0. The van der Waals surface area contributed by atoms with Crippen molar-refractivity contribution >= 4 is 21.4 Å². The third kappa shape index (κ3) is 3.84. The molecule has 24 heavy (non-hydrogen) atoms. The first-order chi connectivity index (χ1) is 11.5. The Bertz CT molecular complexity index is 837. The molecule has 0 atom stereocenters. The van der Waals surface area contributed by atoms with Crippen LogP contribution < -0.4 is 20.1 Å². The molecule has 2 N–H and O–H groups in total. The largest absolute Gasteiger partial charge is 0.454 e. The van der Waals surface area contributed by atoms with E-state index in [0.717, 1.165) is 0 Å². The molecule has 0 unspecified atom stereocenters. The van der Waals surface area contributed by atoms with Gasteiger partial charge in [-0.1, -0.05) is 18.2 Å². The standard InChI is InChI=1S/C16H16N2O5S/c19-16(18-12-6-7-14-15(8-12)23-11-22-14)9-17-10-24(20,21)13-4-2-1-3-5-13/h1-8,17H,9-11H2,(H,18,19). The Balaban J connectivity index is 1.51. The van der Waals surface area contributed by atoms with E-state index in [1.54, 1.807) is 36.4 Å². The molecule has 126 valence electrons. The van der Waals surface area contributed by atoms with E-state index in [-0.39, 0.29) is 30.0 Å².